The Balaban J connectivity index is 1.28. The molecule has 0 radical (unpaired) electrons. The van der Waals surface area contributed by atoms with E-state index >= 15 is 4.79 Å². The molecular formula is C41H44N4O8. The second kappa shape index (κ2) is 13.7. The van der Waals surface area contributed by atoms with Gasteiger partial charge in [-0.25, -0.2) is 9.59 Å². The quantitative estimate of drug-likeness (QED) is 0.289. The number of methoxy groups -OCH3 is 1. The smallest absolute Gasteiger partial charge is 0.410 e. The van der Waals surface area contributed by atoms with Crippen LogP contribution in [0.25, 0.3) is 5.57 Å². The van der Waals surface area contributed by atoms with E-state index in [9.17, 15) is 24.3 Å². The molecule has 0 spiro atoms. The zero-order valence-electron chi connectivity index (χ0n) is 30.6. The number of hydrogen-bond donors (Lipinski definition) is 1. The zero-order valence-corrected chi connectivity index (χ0v) is 30.6. The van der Waals surface area contributed by atoms with E-state index in [1.54, 1.807) is 64.3 Å². The molecule has 1 aliphatic carbocycles. The van der Waals surface area contributed by atoms with E-state index in [2.05, 4.69) is 0 Å². The van der Waals surface area contributed by atoms with E-state index in [1.807, 2.05) is 42.2 Å². The van der Waals surface area contributed by atoms with Gasteiger partial charge >= 0.3 is 12.2 Å². The van der Waals surface area contributed by atoms with Crippen LogP contribution in [0.4, 0.5) is 9.59 Å². The summed E-state index contributed by atoms with van der Waals surface area (Å²) in [6, 6.07) is 18.0. The van der Waals surface area contributed by atoms with Gasteiger partial charge in [-0.15, -0.1) is 0 Å². The average molecular weight is 721 g/mol. The molecule has 276 valence electrons. The summed E-state index contributed by atoms with van der Waals surface area (Å²) in [5.41, 5.74) is 4.30. The van der Waals surface area contributed by atoms with Crippen molar-refractivity contribution in [2.75, 3.05) is 20.2 Å². The van der Waals surface area contributed by atoms with Crippen LogP contribution in [-0.4, -0.2) is 98.5 Å². The molecule has 3 aromatic rings. The van der Waals surface area contributed by atoms with E-state index in [1.165, 1.54) is 14.7 Å². The van der Waals surface area contributed by atoms with Crippen molar-refractivity contribution in [3.63, 3.8) is 0 Å². The molecule has 5 amide bonds. The molecule has 4 aliphatic rings. The monoisotopic (exact) mass is 720 g/mol. The van der Waals surface area contributed by atoms with Gasteiger partial charge in [0.05, 0.1) is 25.7 Å². The fraction of sp³-hybridized carbons (Fsp3) is 0.390. The van der Waals surface area contributed by atoms with E-state index < -0.39 is 35.8 Å². The van der Waals surface area contributed by atoms with Crippen LogP contribution in [0.1, 0.15) is 83.0 Å². The highest BCUT2D eigenvalue weighted by atomic mass is 16.6. The fourth-order valence-electron chi connectivity index (χ4n) is 7.75. The first-order valence-corrected chi connectivity index (χ1v) is 18.0. The van der Waals surface area contributed by atoms with Crippen LogP contribution in [0.2, 0.25) is 0 Å². The third-order valence-corrected chi connectivity index (χ3v) is 10.5. The molecule has 3 heterocycles. The largest absolute Gasteiger partial charge is 0.496 e. The molecule has 1 unspecified atom stereocenters. The minimum atomic E-state index is -1.17. The van der Waals surface area contributed by atoms with Crippen molar-refractivity contribution in [3.8, 4) is 5.75 Å². The SMILES string of the molecule is COc1cccc(CN(C(=O)C2=C(c3ccc(C(=O)N4Cc5ccccc5C4=O)cc3)CC3CN(C(=O)OC(C)(C)C)C[C@H]2N3C(=O)O)C2CC2)c1C. The van der Waals surface area contributed by atoms with Crippen molar-refractivity contribution < 1.29 is 38.6 Å². The maximum Gasteiger partial charge on any atom is 0.410 e. The van der Waals surface area contributed by atoms with Crippen LogP contribution in [0.5, 0.6) is 5.75 Å². The van der Waals surface area contributed by atoms with Gasteiger partial charge in [-0.1, -0.05) is 42.5 Å². The summed E-state index contributed by atoms with van der Waals surface area (Å²) in [7, 11) is 1.60. The van der Waals surface area contributed by atoms with Crippen molar-refractivity contribution in [1.29, 1.82) is 0 Å². The topological polar surface area (TPSA) is 137 Å². The average Bonchev–Trinajstić information content (AvgIpc) is 3.91. The molecule has 12 heteroatoms. The number of carbonyl (C=O) groups excluding carboxylic acids is 4. The minimum Gasteiger partial charge on any atom is -0.496 e. The Bertz CT molecular complexity index is 2030. The van der Waals surface area contributed by atoms with Crippen LogP contribution in [-0.2, 0) is 22.6 Å². The number of hydrogen-bond acceptors (Lipinski definition) is 7. The van der Waals surface area contributed by atoms with Crippen molar-refractivity contribution in [2.45, 2.75) is 83.8 Å². The first-order valence-electron chi connectivity index (χ1n) is 18.0. The van der Waals surface area contributed by atoms with E-state index in [0.717, 1.165) is 29.5 Å². The third-order valence-electron chi connectivity index (χ3n) is 10.5. The molecule has 2 bridgehead atoms. The Morgan fingerprint density at radius 2 is 1.66 bits per heavy atom. The lowest BCUT2D eigenvalue weighted by Crippen LogP contribution is -2.65. The summed E-state index contributed by atoms with van der Waals surface area (Å²) in [5.74, 6) is -0.370. The summed E-state index contributed by atoms with van der Waals surface area (Å²) < 4.78 is 11.3. The van der Waals surface area contributed by atoms with E-state index in [-0.39, 0.29) is 43.9 Å². The Morgan fingerprint density at radius 1 is 0.943 bits per heavy atom. The Hall–Kier alpha value is -5.65. The maximum atomic E-state index is 15.1. The lowest BCUT2D eigenvalue weighted by molar-refractivity contribution is -0.129. The van der Waals surface area contributed by atoms with Crippen LogP contribution in [0.15, 0.2) is 72.3 Å². The van der Waals surface area contributed by atoms with Crippen LogP contribution >= 0.6 is 0 Å². The normalized spacial score (nSPS) is 19.6. The van der Waals surface area contributed by atoms with Gasteiger partial charge in [-0.2, -0.15) is 0 Å². The lowest BCUT2D eigenvalue weighted by Gasteiger charge is -2.50. The van der Waals surface area contributed by atoms with E-state index in [0.29, 0.717) is 40.1 Å². The summed E-state index contributed by atoms with van der Waals surface area (Å²) in [5, 5.41) is 10.5. The summed E-state index contributed by atoms with van der Waals surface area (Å²) in [6.45, 7) is 7.77. The standard InChI is InChI=1S/C41H44N4O8/c1-24-27(10-8-12-34(24)52-5)20-43(29-17-18-29)38(48)35-32(19-30-22-42(40(51)53-41(2,3)4)23-33(35)45(30)39(49)50)25-13-15-26(16-14-25)36(46)44-21-28-9-6-7-11-31(28)37(44)47/h6-16,29-30,33H,17-23H2,1-5H3,(H,49,50)/t30?,33-/m1/s1. The lowest BCUT2D eigenvalue weighted by atomic mass is 9.81. The Kier molecular flexibility index (Phi) is 9.25. The first kappa shape index (κ1) is 35.7. The number of piperazine rings is 1. The van der Waals surface area contributed by atoms with Gasteiger partial charge < -0.3 is 24.4 Å². The van der Waals surface area contributed by atoms with Gasteiger partial charge in [0, 0.05) is 42.4 Å². The third kappa shape index (κ3) is 6.85. The highest BCUT2D eigenvalue weighted by molar-refractivity contribution is 6.13. The number of nitrogens with zero attached hydrogens (tertiary/aromatic N) is 4. The minimum absolute atomic E-state index is 0.0366. The first-order chi connectivity index (χ1) is 25.3. The molecule has 2 fully saturated rings. The molecular weight excluding hydrogens is 676 g/mol. The van der Waals surface area contributed by atoms with Crippen molar-refractivity contribution in [2.24, 2.45) is 0 Å². The van der Waals surface area contributed by atoms with E-state index in [4.69, 9.17) is 9.47 Å². The number of fused-ring (bicyclic) bond motifs is 3. The zero-order chi connectivity index (χ0) is 37.8. The van der Waals surface area contributed by atoms with Gasteiger partial charge in [0.2, 0.25) is 0 Å². The molecule has 1 saturated carbocycles. The predicted octanol–water partition coefficient (Wildman–Crippen LogP) is 6.12. The molecule has 7 rings (SSSR count). The number of rotatable bonds is 7. The number of benzene rings is 3. The highest BCUT2D eigenvalue weighted by Crippen LogP contribution is 2.42. The molecule has 12 nitrogen and oxygen atoms in total. The number of carbonyl (C=O) groups is 5. The number of ether oxygens (including phenoxy) is 2. The predicted molar refractivity (Wildman–Crippen MR) is 195 cm³/mol. The molecule has 3 aromatic carbocycles. The molecule has 3 aliphatic heterocycles. The van der Waals surface area contributed by atoms with Gasteiger partial charge in [0.25, 0.3) is 17.7 Å². The molecule has 53 heavy (non-hydrogen) atoms. The maximum absolute atomic E-state index is 15.1. The molecule has 2 atom stereocenters. The number of amides is 5. The number of carboxylic acid groups (broad SMARTS) is 1. The van der Waals surface area contributed by atoms with Crippen LogP contribution in [0.3, 0.4) is 0 Å². The van der Waals surface area contributed by atoms with Gasteiger partial charge in [0.1, 0.15) is 11.4 Å². The molecule has 1 N–H and O–H groups in total. The molecule has 0 aromatic heterocycles. The van der Waals surface area contributed by atoms with Crippen molar-refractivity contribution in [1.82, 2.24) is 19.6 Å². The second-order valence-electron chi connectivity index (χ2n) is 15.2. The summed E-state index contributed by atoms with van der Waals surface area (Å²) in [6.07, 6.45) is 0.0421. The van der Waals surface area contributed by atoms with Crippen molar-refractivity contribution in [3.05, 3.63) is 106 Å². The van der Waals surface area contributed by atoms with Crippen LogP contribution in [0, 0.1) is 6.92 Å². The fourth-order valence-corrected chi connectivity index (χ4v) is 7.75. The highest BCUT2D eigenvalue weighted by Gasteiger charge is 2.50. The summed E-state index contributed by atoms with van der Waals surface area (Å²) in [4.78, 5) is 73.9. The van der Waals surface area contributed by atoms with Gasteiger partial charge in [0.15, 0.2) is 0 Å². The molecule has 1 saturated heterocycles. The van der Waals surface area contributed by atoms with Crippen LogP contribution < -0.4 is 4.74 Å². The van der Waals surface area contributed by atoms with Gasteiger partial charge in [-0.3, -0.25) is 24.2 Å². The van der Waals surface area contributed by atoms with Gasteiger partial charge in [-0.05, 0) is 99.0 Å². The Labute approximate surface area is 308 Å². The Morgan fingerprint density at radius 3 is 2.30 bits per heavy atom. The number of imide groups is 1. The van der Waals surface area contributed by atoms with Crippen molar-refractivity contribution >= 4 is 35.5 Å². The summed E-state index contributed by atoms with van der Waals surface area (Å²) >= 11 is 0. The second-order valence-corrected chi connectivity index (χ2v) is 15.2.